The number of hydrogen-bond donors (Lipinski definition) is 2. The minimum atomic E-state index is -0.622. The minimum absolute atomic E-state index is 0.565. The van der Waals surface area contributed by atoms with Crippen molar-refractivity contribution in [2.24, 2.45) is 0 Å². The molecule has 0 amide bonds. The van der Waals surface area contributed by atoms with Gasteiger partial charge in [0.25, 0.3) is 0 Å². The van der Waals surface area contributed by atoms with Crippen LogP contribution in [-0.4, -0.2) is 16.3 Å². The lowest BCUT2D eigenvalue weighted by molar-refractivity contribution is 0.203. The summed E-state index contributed by atoms with van der Waals surface area (Å²) >= 11 is 0. The zero-order chi connectivity index (χ0) is 13.0. The average molecular weight is 242 g/mol. The summed E-state index contributed by atoms with van der Waals surface area (Å²) in [5.74, 6) is 0.695. The van der Waals surface area contributed by atoms with Crippen LogP contribution in [0.4, 0.5) is 5.82 Å². The summed E-state index contributed by atoms with van der Waals surface area (Å²) in [6.07, 6.45) is 1.72. The van der Waals surface area contributed by atoms with E-state index in [1.807, 2.05) is 43.3 Å². The maximum atomic E-state index is 9.94. The molecular formula is C15H18N2O. The summed E-state index contributed by atoms with van der Waals surface area (Å²) in [4.78, 5) is 4.20. The van der Waals surface area contributed by atoms with Gasteiger partial charge in [-0.15, -0.1) is 0 Å². The number of anilines is 1. The van der Waals surface area contributed by atoms with Crippen LogP contribution in [0, 0.1) is 13.8 Å². The molecule has 1 aromatic heterocycles. The molecule has 1 aromatic carbocycles. The Morgan fingerprint density at radius 1 is 1.06 bits per heavy atom. The Hall–Kier alpha value is -1.87. The zero-order valence-electron chi connectivity index (χ0n) is 10.7. The van der Waals surface area contributed by atoms with Gasteiger partial charge in [0.15, 0.2) is 0 Å². The Labute approximate surface area is 108 Å². The number of hydrogen-bond acceptors (Lipinski definition) is 3. The maximum absolute atomic E-state index is 9.94. The van der Waals surface area contributed by atoms with Gasteiger partial charge in [-0.25, -0.2) is 4.98 Å². The highest BCUT2D eigenvalue weighted by molar-refractivity contribution is 5.36. The van der Waals surface area contributed by atoms with Crippen molar-refractivity contribution in [2.45, 2.75) is 26.5 Å². The van der Waals surface area contributed by atoms with Crippen LogP contribution in [0.15, 0.2) is 42.6 Å². The van der Waals surface area contributed by atoms with E-state index >= 15 is 0 Å². The van der Waals surface area contributed by atoms with Gasteiger partial charge in [-0.1, -0.05) is 35.9 Å². The number of aromatic nitrogens is 1. The van der Waals surface area contributed by atoms with Gasteiger partial charge in [0.05, 0.1) is 0 Å². The molecule has 1 unspecified atom stereocenters. The van der Waals surface area contributed by atoms with Crippen molar-refractivity contribution in [1.29, 1.82) is 0 Å². The molecule has 18 heavy (non-hydrogen) atoms. The van der Waals surface area contributed by atoms with Crippen LogP contribution in [0.2, 0.25) is 0 Å². The van der Waals surface area contributed by atoms with Crippen molar-refractivity contribution >= 4 is 5.82 Å². The summed E-state index contributed by atoms with van der Waals surface area (Å²) in [6.45, 7) is 4.04. The molecule has 1 heterocycles. The van der Waals surface area contributed by atoms with Crippen molar-refractivity contribution in [1.82, 2.24) is 4.98 Å². The van der Waals surface area contributed by atoms with E-state index in [9.17, 15) is 5.11 Å². The Balaban J connectivity index is 1.94. The second-order valence-corrected chi connectivity index (χ2v) is 4.57. The Bertz CT molecular complexity index is 443. The van der Waals surface area contributed by atoms with Gasteiger partial charge in [-0.05, 0) is 31.0 Å². The molecule has 0 aliphatic heterocycles. The molecule has 0 spiro atoms. The average Bonchev–Trinajstić information content (AvgIpc) is 2.35. The van der Waals surface area contributed by atoms with E-state index in [-0.39, 0.29) is 0 Å². The standard InChI is InChI=1S/C15H18N2O/c1-11-3-6-13(7-4-11)9-15(18)17-14-8-5-12(2)10-16-14/h3-8,10,15,18H,9H2,1-2H3,(H,16,17). The first kappa shape index (κ1) is 12.6. The Kier molecular flexibility index (Phi) is 3.95. The molecule has 0 saturated carbocycles. The number of aliphatic hydroxyl groups is 1. The largest absolute Gasteiger partial charge is 0.373 e. The van der Waals surface area contributed by atoms with Gasteiger partial charge in [-0.3, -0.25) is 0 Å². The first-order valence-corrected chi connectivity index (χ1v) is 6.06. The molecule has 0 bridgehead atoms. The van der Waals surface area contributed by atoms with Crippen molar-refractivity contribution in [3.63, 3.8) is 0 Å². The van der Waals surface area contributed by atoms with Crippen LogP contribution in [0.25, 0.3) is 0 Å². The van der Waals surface area contributed by atoms with Crippen LogP contribution >= 0.6 is 0 Å². The molecule has 0 saturated heterocycles. The maximum Gasteiger partial charge on any atom is 0.129 e. The fourth-order valence-corrected chi connectivity index (χ4v) is 1.72. The number of nitrogens with one attached hydrogen (secondary N) is 1. The number of aliphatic hydroxyl groups excluding tert-OH is 1. The molecule has 94 valence electrons. The number of nitrogens with zero attached hydrogens (tertiary/aromatic N) is 1. The lowest BCUT2D eigenvalue weighted by Crippen LogP contribution is -2.22. The lowest BCUT2D eigenvalue weighted by Gasteiger charge is -2.13. The normalized spacial score (nSPS) is 12.2. The minimum Gasteiger partial charge on any atom is -0.373 e. The van der Waals surface area contributed by atoms with Gasteiger partial charge in [0.1, 0.15) is 12.0 Å². The molecule has 2 aromatic rings. The second kappa shape index (κ2) is 5.65. The first-order chi connectivity index (χ1) is 8.63. The Morgan fingerprint density at radius 3 is 2.33 bits per heavy atom. The van der Waals surface area contributed by atoms with E-state index in [1.54, 1.807) is 6.20 Å². The van der Waals surface area contributed by atoms with Gasteiger partial charge >= 0.3 is 0 Å². The fourth-order valence-electron chi connectivity index (χ4n) is 1.72. The van der Waals surface area contributed by atoms with Crippen molar-refractivity contribution in [3.05, 3.63) is 59.3 Å². The molecule has 2 N–H and O–H groups in total. The molecular weight excluding hydrogens is 224 g/mol. The predicted molar refractivity (Wildman–Crippen MR) is 73.5 cm³/mol. The lowest BCUT2D eigenvalue weighted by atomic mass is 10.1. The molecule has 0 aliphatic rings. The quantitative estimate of drug-likeness (QED) is 0.810. The van der Waals surface area contributed by atoms with Crippen LogP contribution in [0.5, 0.6) is 0 Å². The smallest absolute Gasteiger partial charge is 0.129 e. The van der Waals surface area contributed by atoms with Gasteiger partial charge in [0, 0.05) is 12.6 Å². The monoisotopic (exact) mass is 242 g/mol. The van der Waals surface area contributed by atoms with Gasteiger partial charge in [-0.2, -0.15) is 0 Å². The van der Waals surface area contributed by atoms with Crippen LogP contribution in [0.1, 0.15) is 16.7 Å². The summed E-state index contributed by atoms with van der Waals surface area (Å²) in [7, 11) is 0. The summed E-state index contributed by atoms with van der Waals surface area (Å²) < 4.78 is 0. The number of benzene rings is 1. The molecule has 3 heteroatoms. The number of aryl methyl sites for hydroxylation is 2. The molecule has 0 aliphatic carbocycles. The van der Waals surface area contributed by atoms with E-state index in [0.29, 0.717) is 12.2 Å². The van der Waals surface area contributed by atoms with Crippen molar-refractivity contribution in [3.8, 4) is 0 Å². The second-order valence-electron chi connectivity index (χ2n) is 4.57. The summed E-state index contributed by atoms with van der Waals surface area (Å²) in [6, 6.07) is 12.0. The first-order valence-electron chi connectivity index (χ1n) is 6.06. The van der Waals surface area contributed by atoms with E-state index in [1.165, 1.54) is 5.56 Å². The SMILES string of the molecule is Cc1ccc(CC(O)Nc2ccc(C)cn2)cc1. The predicted octanol–water partition coefficient (Wildman–Crippen LogP) is 2.67. The van der Waals surface area contributed by atoms with Gasteiger partial charge in [0.2, 0.25) is 0 Å². The van der Waals surface area contributed by atoms with Crippen molar-refractivity contribution < 1.29 is 5.11 Å². The van der Waals surface area contributed by atoms with E-state index in [2.05, 4.69) is 17.2 Å². The third-order valence-electron chi connectivity index (χ3n) is 2.78. The topological polar surface area (TPSA) is 45.1 Å². The highest BCUT2D eigenvalue weighted by Crippen LogP contribution is 2.09. The number of rotatable bonds is 4. The molecule has 0 fully saturated rings. The fraction of sp³-hybridized carbons (Fsp3) is 0.267. The van der Waals surface area contributed by atoms with E-state index in [4.69, 9.17) is 0 Å². The highest BCUT2D eigenvalue weighted by Gasteiger charge is 2.05. The van der Waals surface area contributed by atoms with Crippen LogP contribution in [0.3, 0.4) is 0 Å². The summed E-state index contributed by atoms with van der Waals surface area (Å²) in [5.41, 5.74) is 3.43. The molecule has 0 radical (unpaired) electrons. The van der Waals surface area contributed by atoms with Crippen LogP contribution in [-0.2, 0) is 6.42 Å². The third kappa shape index (κ3) is 3.57. The Morgan fingerprint density at radius 2 is 1.72 bits per heavy atom. The van der Waals surface area contributed by atoms with E-state index < -0.39 is 6.23 Å². The van der Waals surface area contributed by atoms with Gasteiger partial charge < -0.3 is 10.4 Å². The van der Waals surface area contributed by atoms with Crippen molar-refractivity contribution in [2.75, 3.05) is 5.32 Å². The molecule has 2 rings (SSSR count). The third-order valence-corrected chi connectivity index (χ3v) is 2.78. The molecule has 1 atom stereocenters. The van der Waals surface area contributed by atoms with E-state index in [0.717, 1.165) is 11.1 Å². The molecule has 3 nitrogen and oxygen atoms in total. The zero-order valence-corrected chi connectivity index (χ0v) is 10.7. The highest BCUT2D eigenvalue weighted by atomic mass is 16.3. The van der Waals surface area contributed by atoms with Crippen LogP contribution < -0.4 is 5.32 Å². The number of pyridine rings is 1. The summed E-state index contributed by atoms with van der Waals surface area (Å²) in [5, 5.41) is 12.9.